The first-order valence-corrected chi connectivity index (χ1v) is 5.69. The molecule has 4 rings (SSSR count). The first-order valence-electron chi connectivity index (χ1n) is 5.69. The van der Waals surface area contributed by atoms with Crippen molar-refractivity contribution >= 4 is 0 Å². The Balaban J connectivity index is 1.89. The summed E-state index contributed by atoms with van der Waals surface area (Å²) in [4.78, 5) is 0. The van der Waals surface area contributed by atoms with Crippen LogP contribution in [0.1, 0.15) is 23.5 Å². The average molecular weight is 182 g/mol. The third-order valence-electron chi connectivity index (χ3n) is 4.49. The quantitative estimate of drug-likeness (QED) is 0.541. The maximum atomic E-state index is 2.47. The van der Waals surface area contributed by atoms with E-state index in [0.717, 1.165) is 23.7 Å². The molecule has 4 atom stereocenters. The zero-order valence-corrected chi connectivity index (χ0v) is 8.19. The van der Waals surface area contributed by atoms with Crippen LogP contribution >= 0.6 is 0 Å². The fraction of sp³-hybridized carbons (Fsp3) is 0.429. The molecule has 0 spiro atoms. The lowest BCUT2D eigenvalue weighted by molar-refractivity contribution is 0.426. The van der Waals surface area contributed by atoms with Crippen LogP contribution < -0.4 is 0 Å². The molecule has 1 aromatic carbocycles. The molecule has 2 unspecified atom stereocenters. The number of hydrogen-bond acceptors (Lipinski definition) is 0. The van der Waals surface area contributed by atoms with Crippen LogP contribution in [0.25, 0.3) is 0 Å². The van der Waals surface area contributed by atoms with Crippen molar-refractivity contribution in [1.82, 2.24) is 0 Å². The van der Waals surface area contributed by atoms with E-state index in [0.29, 0.717) is 0 Å². The van der Waals surface area contributed by atoms with Gasteiger partial charge >= 0.3 is 0 Å². The normalized spacial score (nSPS) is 41.4. The largest absolute Gasteiger partial charge is 0.0848 e. The van der Waals surface area contributed by atoms with Crippen LogP contribution in [-0.4, -0.2) is 0 Å². The molecule has 1 aromatic rings. The highest BCUT2D eigenvalue weighted by Gasteiger charge is 2.48. The summed E-state index contributed by atoms with van der Waals surface area (Å²) in [6.07, 6.45) is 7.71. The molecule has 0 nitrogen and oxygen atoms in total. The molecule has 0 saturated heterocycles. The van der Waals surface area contributed by atoms with Crippen LogP contribution in [0.3, 0.4) is 0 Å². The Morgan fingerprint density at radius 3 is 2.86 bits per heavy atom. The predicted octanol–water partition coefficient (Wildman–Crippen LogP) is 3.15. The summed E-state index contributed by atoms with van der Waals surface area (Å²) < 4.78 is 0. The summed E-state index contributed by atoms with van der Waals surface area (Å²) in [5.74, 6) is 3.59. The topological polar surface area (TPSA) is 0 Å². The molecule has 1 fully saturated rings. The maximum Gasteiger partial charge on any atom is -0.00589 e. The second kappa shape index (κ2) is 2.31. The van der Waals surface area contributed by atoms with Gasteiger partial charge in [0.1, 0.15) is 0 Å². The number of benzene rings is 1. The Labute approximate surface area is 84.6 Å². The fourth-order valence-electron chi connectivity index (χ4n) is 3.96. The zero-order chi connectivity index (χ0) is 9.12. The second-order valence-electron chi connectivity index (χ2n) is 5.04. The van der Waals surface area contributed by atoms with Gasteiger partial charge in [0.25, 0.3) is 0 Å². The molecular formula is C14H14. The van der Waals surface area contributed by atoms with Crippen molar-refractivity contribution in [3.8, 4) is 0 Å². The van der Waals surface area contributed by atoms with E-state index in [1.165, 1.54) is 12.8 Å². The first-order chi connectivity index (χ1) is 6.93. The van der Waals surface area contributed by atoms with E-state index in [4.69, 9.17) is 0 Å². The number of fused-ring (bicyclic) bond motifs is 7. The molecular weight excluding hydrogens is 168 g/mol. The van der Waals surface area contributed by atoms with Crippen LogP contribution in [-0.2, 0) is 6.42 Å². The van der Waals surface area contributed by atoms with Gasteiger partial charge in [-0.3, -0.25) is 0 Å². The summed E-state index contributed by atoms with van der Waals surface area (Å²) in [5.41, 5.74) is 3.29. The highest BCUT2D eigenvalue weighted by atomic mass is 14.5. The van der Waals surface area contributed by atoms with Gasteiger partial charge in [0.2, 0.25) is 0 Å². The standard InChI is InChI=1S/C14H14/c1-2-4-12-9(3-1)8-13-10-5-6-11(7-10)14(12)13/h1-6,10-11,13-14H,7-8H2/t10-,11+,13?,14?/m1/s1. The molecule has 70 valence electrons. The molecule has 1 saturated carbocycles. The Kier molecular flexibility index (Phi) is 1.20. The lowest BCUT2D eigenvalue weighted by Crippen LogP contribution is -2.12. The Hall–Kier alpha value is -1.04. The smallest absolute Gasteiger partial charge is 0.00589 e. The number of allylic oxidation sites excluding steroid dienone is 2. The fourth-order valence-corrected chi connectivity index (χ4v) is 3.96. The Morgan fingerprint density at radius 1 is 1.00 bits per heavy atom. The van der Waals surface area contributed by atoms with Crippen LogP contribution in [0.4, 0.5) is 0 Å². The van der Waals surface area contributed by atoms with Gasteiger partial charge < -0.3 is 0 Å². The number of hydrogen-bond donors (Lipinski definition) is 0. The molecule has 0 N–H and O–H groups in total. The van der Waals surface area contributed by atoms with Crippen molar-refractivity contribution in [3.63, 3.8) is 0 Å². The van der Waals surface area contributed by atoms with Crippen molar-refractivity contribution < 1.29 is 0 Å². The van der Waals surface area contributed by atoms with Crippen LogP contribution in [0.5, 0.6) is 0 Å². The maximum absolute atomic E-state index is 2.47. The van der Waals surface area contributed by atoms with E-state index >= 15 is 0 Å². The van der Waals surface area contributed by atoms with Gasteiger partial charge in [-0.05, 0) is 47.6 Å². The SMILES string of the molecule is C1=C[C@H]2C[C@@H]1C1Cc3ccccc3C12. The predicted molar refractivity (Wildman–Crippen MR) is 57.1 cm³/mol. The summed E-state index contributed by atoms with van der Waals surface area (Å²) in [6, 6.07) is 9.08. The number of rotatable bonds is 0. The summed E-state index contributed by atoms with van der Waals surface area (Å²) in [5, 5.41) is 0. The molecule has 0 heteroatoms. The van der Waals surface area contributed by atoms with Gasteiger partial charge in [-0.15, -0.1) is 0 Å². The van der Waals surface area contributed by atoms with Crippen LogP contribution in [0.15, 0.2) is 36.4 Å². The van der Waals surface area contributed by atoms with Crippen LogP contribution in [0, 0.1) is 17.8 Å². The Morgan fingerprint density at radius 2 is 1.86 bits per heavy atom. The van der Waals surface area contributed by atoms with Gasteiger partial charge in [-0.25, -0.2) is 0 Å². The van der Waals surface area contributed by atoms with Crippen molar-refractivity contribution in [3.05, 3.63) is 47.5 Å². The molecule has 0 aromatic heterocycles. The molecule has 0 radical (unpaired) electrons. The lowest BCUT2D eigenvalue weighted by Gasteiger charge is -2.20. The molecule has 3 aliphatic rings. The van der Waals surface area contributed by atoms with E-state index < -0.39 is 0 Å². The van der Waals surface area contributed by atoms with Gasteiger partial charge in [0.05, 0.1) is 0 Å². The zero-order valence-electron chi connectivity index (χ0n) is 8.19. The highest BCUT2D eigenvalue weighted by molar-refractivity contribution is 5.41. The molecule has 0 heterocycles. The molecule has 0 amide bonds. The summed E-state index contributed by atoms with van der Waals surface area (Å²) in [7, 11) is 0. The Bertz CT molecular complexity index is 416. The summed E-state index contributed by atoms with van der Waals surface area (Å²) >= 11 is 0. The van der Waals surface area contributed by atoms with E-state index in [1.807, 2.05) is 0 Å². The van der Waals surface area contributed by atoms with E-state index in [-0.39, 0.29) is 0 Å². The van der Waals surface area contributed by atoms with Crippen molar-refractivity contribution in [1.29, 1.82) is 0 Å². The van der Waals surface area contributed by atoms with Crippen LogP contribution in [0.2, 0.25) is 0 Å². The third kappa shape index (κ3) is 0.716. The molecule has 0 aliphatic heterocycles. The van der Waals surface area contributed by atoms with Gasteiger partial charge in [-0.2, -0.15) is 0 Å². The van der Waals surface area contributed by atoms with E-state index in [9.17, 15) is 0 Å². The average Bonchev–Trinajstić information content (AvgIpc) is 2.88. The minimum absolute atomic E-state index is 0.869. The van der Waals surface area contributed by atoms with E-state index in [1.54, 1.807) is 11.1 Å². The van der Waals surface area contributed by atoms with Crippen molar-refractivity contribution in [2.45, 2.75) is 18.8 Å². The third-order valence-corrected chi connectivity index (χ3v) is 4.49. The van der Waals surface area contributed by atoms with Gasteiger partial charge in [-0.1, -0.05) is 36.4 Å². The van der Waals surface area contributed by atoms with E-state index in [2.05, 4.69) is 36.4 Å². The van der Waals surface area contributed by atoms with Crippen molar-refractivity contribution in [2.24, 2.45) is 17.8 Å². The van der Waals surface area contributed by atoms with Gasteiger partial charge in [0.15, 0.2) is 0 Å². The highest BCUT2D eigenvalue weighted by Crippen LogP contribution is 2.58. The summed E-state index contributed by atoms with van der Waals surface area (Å²) in [6.45, 7) is 0. The first kappa shape index (κ1) is 7.28. The molecule has 14 heavy (non-hydrogen) atoms. The lowest BCUT2D eigenvalue weighted by atomic mass is 9.84. The second-order valence-corrected chi connectivity index (χ2v) is 5.04. The minimum Gasteiger partial charge on any atom is -0.0848 e. The van der Waals surface area contributed by atoms with Crippen molar-refractivity contribution in [2.75, 3.05) is 0 Å². The van der Waals surface area contributed by atoms with Gasteiger partial charge in [0, 0.05) is 0 Å². The minimum atomic E-state index is 0.869. The molecule has 3 aliphatic carbocycles. The monoisotopic (exact) mass is 182 g/mol. The molecule has 2 bridgehead atoms.